The molecule has 2 heterocycles. The van der Waals surface area contributed by atoms with Crippen molar-refractivity contribution in [3.05, 3.63) is 64.3 Å². The number of hydrogen-bond acceptors (Lipinski definition) is 6. The van der Waals surface area contributed by atoms with Gasteiger partial charge in [0.1, 0.15) is 11.6 Å². The first-order valence-electron chi connectivity index (χ1n) is 8.86. The molecule has 152 valence electrons. The van der Waals surface area contributed by atoms with Gasteiger partial charge in [-0.2, -0.15) is 0 Å². The highest BCUT2D eigenvalue weighted by Gasteiger charge is 2.14. The van der Waals surface area contributed by atoms with E-state index >= 15 is 0 Å². The summed E-state index contributed by atoms with van der Waals surface area (Å²) in [4.78, 5) is 30.3. The predicted molar refractivity (Wildman–Crippen MR) is 110 cm³/mol. The molecule has 0 spiro atoms. The number of aromatic nitrogens is 1. The van der Waals surface area contributed by atoms with Crippen molar-refractivity contribution in [2.45, 2.75) is 19.9 Å². The van der Waals surface area contributed by atoms with Crippen LogP contribution in [0.25, 0.3) is 0 Å². The van der Waals surface area contributed by atoms with Gasteiger partial charge >= 0.3 is 0 Å². The van der Waals surface area contributed by atoms with E-state index in [-0.39, 0.29) is 30.6 Å². The summed E-state index contributed by atoms with van der Waals surface area (Å²) in [6, 6.07) is 6.44. The maximum atomic E-state index is 14.0. The van der Waals surface area contributed by atoms with Crippen molar-refractivity contribution in [3.8, 4) is 0 Å². The van der Waals surface area contributed by atoms with Crippen LogP contribution in [-0.2, 0) is 17.8 Å². The number of benzene rings is 1. The van der Waals surface area contributed by atoms with Crippen LogP contribution < -0.4 is 15.5 Å². The van der Waals surface area contributed by atoms with Crippen LogP contribution >= 0.6 is 11.3 Å². The molecule has 0 fully saturated rings. The minimum absolute atomic E-state index is 0.0649. The summed E-state index contributed by atoms with van der Waals surface area (Å²) in [5.41, 5.74) is 2.14. The van der Waals surface area contributed by atoms with Crippen LogP contribution in [0.1, 0.15) is 27.4 Å². The lowest BCUT2D eigenvalue weighted by Gasteiger charge is -2.14. The normalized spacial score (nSPS) is 10.6. The molecule has 0 saturated heterocycles. The molecule has 0 saturated carbocycles. The van der Waals surface area contributed by atoms with Crippen LogP contribution in [0.4, 0.5) is 15.2 Å². The van der Waals surface area contributed by atoms with Crippen molar-refractivity contribution >= 4 is 34.0 Å². The van der Waals surface area contributed by atoms with Crippen molar-refractivity contribution in [1.29, 1.82) is 0 Å². The van der Waals surface area contributed by atoms with Crippen molar-refractivity contribution in [2.24, 2.45) is 0 Å². The molecule has 3 aromatic rings. The van der Waals surface area contributed by atoms with Crippen LogP contribution in [0.5, 0.6) is 0 Å². The Morgan fingerprint density at radius 1 is 1.28 bits per heavy atom. The zero-order valence-corrected chi connectivity index (χ0v) is 17.1. The summed E-state index contributed by atoms with van der Waals surface area (Å²) in [7, 11) is 3.53. The number of amides is 2. The number of thiazole rings is 1. The van der Waals surface area contributed by atoms with Crippen LogP contribution in [0, 0.1) is 12.7 Å². The largest absolute Gasteiger partial charge is 0.469 e. The second-order valence-electron chi connectivity index (χ2n) is 6.62. The fraction of sp³-hybridized carbons (Fsp3) is 0.250. The average molecular weight is 416 g/mol. The van der Waals surface area contributed by atoms with Gasteiger partial charge in [-0.15, -0.1) is 11.3 Å². The van der Waals surface area contributed by atoms with E-state index in [0.717, 1.165) is 0 Å². The van der Waals surface area contributed by atoms with Gasteiger partial charge < -0.3 is 14.6 Å². The third-order valence-corrected chi connectivity index (χ3v) is 5.01. The van der Waals surface area contributed by atoms with Gasteiger partial charge in [-0.1, -0.05) is 6.07 Å². The molecule has 0 radical (unpaired) electrons. The minimum atomic E-state index is -0.338. The molecular formula is C20H21FN4O3S. The number of nitrogens with zero attached hydrogens (tertiary/aromatic N) is 2. The Kier molecular flexibility index (Phi) is 6.28. The number of hydrogen-bond donors (Lipinski definition) is 2. The lowest BCUT2D eigenvalue weighted by atomic mass is 10.2. The molecule has 0 aliphatic rings. The number of carbonyl (C=O) groups is 2. The molecule has 0 aliphatic carbocycles. The van der Waals surface area contributed by atoms with Gasteiger partial charge in [0.05, 0.1) is 29.6 Å². The zero-order valence-electron chi connectivity index (χ0n) is 16.3. The van der Waals surface area contributed by atoms with Gasteiger partial charge in [-0.3, -0.25) is 14.9 Å². The molecule has 29 heavy (non-hydrogen) atoms. The van der Waals surface area contributed by atoms with Gasteiger partial charge in [-0.05, 0) is 30.7 Å². The molecular weight excluding hydrogens is 395 g/mol. The zero-order chi connectivity index (χ0) is 21.0. The molecule has 3 rings (SSSR count). The minimum Gasteiger partial charge on any atom is -0.469 e. The van der Waals surface area contributed by atoms with E-state index in [4.69, 9.17) is 4.42 Å². The summed E-state index contributed by atoms with van der Waals surface area (Å²) in [6.45, 7) is 1.92. The number of halogens is 1. The molecule has 2 aromatic heterocycles. The first kappa shape index (κ1) is 20.5. The number of nitrogens with one attached hydrogen (secondary N) is 2. The van der Waals surface area contributed by atoms with Gasteiger partial charge in [0.2, 0.25) is 5.91 Å². The van der Waals surface area contributed by atoms with Gasteiger partial charge in [0.15, 0.2) is 5.13 Å². The Labute approximate surface area is 171 Å². The number of carbonyl (C=O) groups excluding carboxylic acids is 2. The number of anilines is 2. The summed E-state index contributed by atoms with van der Waals surface area (Å²) in [5, 5.41) is 7.55. The standard InChI is InChI=1S/C20H21FN4O3S/c1-12-15(6-7-28-12)19(27)24-20-23-14(11-29-20)9-18(26)22-10-13-4-5-17(25(2)3)16(21)8-13/h4-8,11H,9-10H2,1-3H3,(H,22,26)(H,23,24,27). The molecule has 0 atom stereocenters. The summed E-state index contributed by atoms with van der Waals surface area (Å²) >= 11 is 1.24. The van der Waals surface area contributed by atoms with E-state index in [1.165, 1.54) is 23.7 Å². The molecule has 0 aliphatic heterocycles. The maximum Gasteiger partial charge on any atom is 0.260 e. The van der Waals surface area contributed by atoms with E-state index in [0.29, 0.717) is 33.4 Å². The van der Waals surface area contributed by atoms with Crippen molar-refractivity contribution in [3.63, 3.8) is 0 Å². The van der Waals surface area contributed by atoms with Gasteiger partial charge in [-0.25, -0.2) is 9.37 Å². The highest BCUT2D eigenvalue weighted by molar-refractivity contribution is 7.14. The quantitative estimate of drug-likeness (QED) is 0.617. The van der Waals surface area contributed by atoms with E-state index in [2.05, 4.69) is 15.6 Å². The predicted octanol–water partition coefficient (Wildman–Crippen LogP) is 3.36. The molecule has 0 bridgehead atoms. The molecule has 1 aromatic carbocycles. The van der Waals surface area contributed by atoms with E-state index in [1.807, 2.05) is 0 Å². The molecule has 2 amide bonds. The van der Waals surface area contributed by atoms with Crippen LogP contribution in [0.2, 0.25) is 0 Å². The van der Waals surface area contributed by atoms with E-state index < -0.39 is 0 Å². The fourth-order valence-corrected chi connectivity index (χ4v) is 3.39. The summed E-state index contributed by atoms with van der Waals surface area (Å²) in [5.74, 6) is -0.371. The average Bonchev–Trinajstić information content (AvgIpc) is 3.28. The Morgan fingerprint density at radius 2 is 2.07 bits per heavy atom. The van der Waals surface area contributed by atoms with Crippen LogP contribution in [0.3, 0.4) is 0 Å². The highest BCUT2D eigenvalue weighted by Crippen LogP contribution is 2.19. The Bertz CT molecular complexity index is 1030. The lowest BCUT2D eigenvalue weighted by molar-refractivity contribution is -0.120. The number of furan rings is 1. The summed E-state index contributed by atoms with van der Waals surface area (Å²) in [6.07, 6.45) is 1.51. The topological polar surface area (TPSA) is 87.5 Å². The fourth-order valence-electron chi connectivity index (χ4n) is 2.68. The second kappa shape index (κ2) is 8.87. The third-order valence-electron chi connectivity index (χ3n) is 4.20. The number of aryl methyl sites for hydroxylation is 1. The van der Waals surface area contributed by atoms with E-state index in [1.54, 1.807) is 49.5 Å². The summed E-state index contributed by atoms with van der Waals surface area (Å²) < 4.78 is 19.1. The van der Waals surface area contributed by atoms with Gasteiger partial charge in [0, 0.05) is 26.0 Å². The number of rotatable bonds is 7. The molecule has 7 nitrogen and oxygen atoms in total. The lowest BCUT2D eigenvalue weighted by Crippen LogP contribution is -2.25. The smallest absolute Gasteiger partial charge is 0.260 e. The first-order valence-corrected chi connectivity index (χ1v) is 9.73. The third kappa shape index (κ3) is 5.20. The second-order valence-corrected chi connectivity index (χ2v) is 7.48. The van der Waals surface area contributed by atoms with Crippen LogP contribution in [0.15, 0.2) is 40.3 Å². The monoisotopic (exact) mass is 416 g/mol. The molecule has 0 unspecified atom stereocenters. The Balaban J connectivity index is 1.52. The Hall–Kier alpha value is -3.20. The van der Waals surface area contributed by atoms with Gasteiger partial charge in [0.25, 0.3) is 5.91 Å². The first-order chi connectivity index (χ1) is 13.8. The van der Waals surface area contributed by atoms with Crippen molar-refractivity contribution in [2.75, 3.05) is 24.3 Å². The van der Waals surface area contributed by atoms with E-state index in [9.17, 15) is 14.0 Å². The van der Waals surface area contributed by atoms with Crippen molar-refractivity contribution < 1.29 is 18.4 Å². The molecule has 2 N–H and O–H groups in total. The van der Waals surface area contributed by atoms with Crippen LogP contribution in [-0.4, -0.2) is 30.9 Å². The maximum absolute atomic E-state index is 14.0. The van der Waals surface area contributed by atoms with Crippen molar-refractivity contribution in [1.82, 2.24) is 10.3 Å². The highest BCUT2D eigenvalue weighted by atomic mass is 32.1. The SMILES string of the molecule is Cc1occc1C(=O)Nc1nc(CC(=O)NCc2ccc(N(C)C)c(F)c2)cs1. The Morgan fingerprint density at radius 3 is 2.72 bits per heavy atom. The molecule has 9 heteroatoms.